The Morgan fingerprint density at radius 1 is 1.04 bits per heavy atom. The van der Waals surface area contributed by atoms with Gasteiger partial charge in [-0.15, -0.1) is 0 Å². The van der Waals surface area contributed by atoms with Crippen molar-refractivity contribution in [3.05, 3.63) is 47.7 Å². The highest BCUT2D eigenvalue weighted by Gasteiger charge is 2.30. The number of fused-ring (bicyclic) bond motifs is 1. The summed E-state index contributed by atoms with van der Waals surface area (Å²) >= 11 is 0. The van der Waals surface area contributed by atoms with Crippen LogP contribution in [-0.4, -0.2) is 34.0 Å². The van der Waals surface area contributed by atoms with Crippen molar-refractivity contribution in [1.82, 2.24) is 15.0 Å². The number of hydrogen-bond donors (Lipinski definition) is 0. The molecule has 0 N–H and O–H groups in total. The van der Waals surface area contributed by atoms with Gasteiger partial charge in [-0.1, -0.05) is 48.3 Å². The first-order valence-corrected chi connectivity index (χ1v) is 9.96. The molecular weight excluding hydrogens is 338 g/mol. The Labute approximate surface area is 158 Å². The quantitative estimate of drug-likeness (QED) is 0.673. The number of pyridine rings is 1. The SMILES string of the molecule is O=C(c1cc(C2CC2)nc2onc(-c3ccccc3)c12)N1CCCCCC1. The van der Waals surface area contributed by atoms with E-state index in [1.54, 1.807) is 0 Å². The molecule has 2 fully saturated rings. The van der Waals surface area contributed by atoms with Gasteiger partial charge in [-0.2, -0.15) is 0 Å². The highest BCUT2D eigenvalue weighted by molar-refractivity contribution is 6.09. The molecule has 1 saturated heterocycles. The third kappa shape index (κ3) is 3.11. The molecule has 27 heavy (non-hydrogen) atoms. The average molecular weight is 361 g/mol. The lowest BCUT2D eigenvalue weighted by molar-refractivity contribution is 0.0763. The van der Waals surface area contributed by atoms with Crippen molar-refractivity contribution in [2.75, 3.05) is 13.1 Å². The second-order valence-electron chi connectivity index (χ2n) is 7.65. The average Bonchev–Trinajstić information content (AvgIpc) is 3.51. The van der Waals surface area contributed by atoms with Gasteiger partial charge in [0.05, 0.1) is 10.9 Å². The number of carbonyl (C=O) groups is 1. The van der Waals surface area contributed by atoms with Crippen LogP contribution in [0.3, 0.4) is 0 Å². The minimum absolute atomic E-state index is 0.0894. The van der Waals surface area contributed by atoms with Crippen LogP contribution in [0.15, 0.2) is 40.9 Å². The van der Waals surface area contributed by atoms with Gasteiger partial charge in [0, 0.05) is 30.3 Å². The number of benzene rings is 1. The summed E-state index contributed by atoms with van der Waals surface area (Å²) in [6.07, 6.45) is 6.82. The molecule has 0 bridgehead atoms. The Bertz CT molecular complexity index is 968. The van der Waals surface area contributed by atoms with Crippen LogP contribution in [-0.2, 0) is 0 Å². The molecule has 2 aliphatic rings. The van der Waals surface area contributed by atoms with Gasteiger partial charge in [-0.05, 0) is 31.7 Å². The zero-order valence-electron chi connectivity index (χ0n) is 15.4. The fourth-order valence-electron chi connectivity index (χ4n) is 3.96. The zero-order valence-corrected chi connectivity index (χ0v) is 15.4. The van der Waals surface area contributed by atoms with E-state index in [-0.39, 0.29) is 5.91 Å². The molecule has 0 unspecified atom stereocenters. The second-order valence-corrected chi connectivity index (χ2v) is 7.65. The van der Waals surface area contributed by atoms with Crippen LogP contribution in [0.5, 0.6) is 0 Å². The van der Waals surface area contributed by atoms with Crippen molar-refractivity contribution in [1.29, 1.82) is 0 Å². The molecule has 5 rings (SSSR count). The number of amides is 1. The number of carbonyl (C=O) groups excluding carboxylic acids is 1. The van der Waals surface area contributed by atoms with Crippen molar-refractivity contribution >= 4 is 17.0 Å². The van der Waals surface area contributed by atoms with Crippen molar-refractivity contribution in [2.24, 2.45) is 0 Å². The topological polar surface area (TPSA) is 59.2 Å². The highest BCUT2D eigenvalue weighted by atomic mass is 16.5. The monoisotopic (exact) mass is 361 g/mol. The Balaban J connectivity index is 1.65. The molecule has 0 radical (unpaired) electrons. The van der Waals surface area contributed by atoms with Crippen molar-refractivity contribution in [3.8, 4) is 11.3 Å². The fourth-order valence-corrected chi connectivity index (χ4v) is 3.96. The Morgan fingerprint density at radius 2 is 1.78 bits per heavy atom. The van der Waals surface area contributed by atoms with Crippen LogP contribution < -0.4 is 0 Å². The molecule has 1 amide bonds. The molecule has 3 heterocycles. The van der Waals surface area contributed by atoms with E-state index in [9.17, 15) is 4.79 Å². The lowest BCUT2D eigenvalue weighted by Gasteiger charge is -2.21. The lowest BCUT2D eigenvalue weighted by atomic mass is 10.0. The zero-order chi connectivity index (χ0) is 18.2. The van der Waals surface area contributed by atoms with Gasteiger partial charge >= 0.3 is 0 Å². The Hall–Kier alpha value is -2.69. The van der Waals surface area contributed by atoms with Crippen molar-refractivity contribution in [2.45, 2.75) is 44.4 Å². The summed E-state index contributed by atoms with van der Waals surface area (Å²) in [4.78, 5) is 20.2. The number of hydrogen-bond acceptors (Lipinski definition) is 4. The third-order valence-corrected chi connectivity index (χ3v) is 5.63. The van der Waals surface area contributed by atoms with E-state index in [0.717, 1.165) is 55.4 Å². The molecule has 1 aromatic carbocycles. The number of likely N-dealkylation sites (tertiary alicyclic amines) is 1. The summed E-state index contributed by atoms with van der Waals surface area (Å²) in [7, 11) is 0. The predicted molar refractivity (Wildman–Crippen MR) is 104 cm³/mol. The maximum atomic E-state index is 13.5. The Kier molecular flexibility index (Phi) is 4.15. The van der Waals surface area contributed by atoms with E-state index >= 15 is 0 Å². The summed E-state index contributed by atoms with van der Waals surface area (Å²) < 4.78 is 5.59. The van der Waals surface area contributed by atoms with E-state index in [1.807, 2.05) is 41.3 Å². The molecule has 1 aliphatic carbocycles. The van der Waals surface area contributed by atoms with Crippen molar-refractivity contribution in [3.63, 3.8) is 0 Å². The third-order valence-electron chi connectivity index (χ3n) is 5.63. The molecule has 0 atom stereocenters. The van der Waals surface area contributed by atoms with Crippen LogP contribution in [0.25, 0.3) is 22.4 Å². The van der Waals surface area contributed by atoms with E-state index in [2.05, 4.69) is 5.16 Å². The standard InChI is InChI=1S/C22H23N3O2/c26-22(25-12-6-1-2-7-13-25)17-14-18(15-10-11-15)23-21-19(17)20(24-27-21)16-8-4-3-5-9-16/h3-5,8-9,14-15H,1-2,6-7,10-13H2. The predicted octanol–water partition coefficient (Wildman–Crippen LogP) is 4.78. The van der Waals surface area contributed by atoms with Crippen LogP contribution in [0, 0.1) is 0 Å². The first kappa shape index (κ1) is 16.5. The minimum Gasteiger partial charge on any atom is -0.339 e. The van der Waals surface area contributed by atoms with Gasteiger partial charge < -0.3 is 9.42 Å². The summed E-state index contributed by atoms with van der Waals surface area (Å²) in [5.74, 6) is 0.543. The molecule has 3 aromatic rings. The first-order chi connectivity index (χ1) is 13.3. The fraction of sp³-hybridized carbons (Fsp3) is 0.409. The molecule has 138 valence electrons. The normalized spacial score (nSPS) is 17.9. The maximum Gasteiger partial charge on any atom is 0.259 e. The lowest BCUT2D eigenvalue weighted by Crippen LogP contribution is -2.32. The van der Waals surface area contributed by atoms with Gasteiger partial charge in [0.2, 0.25) is 0 Å². The molecule has 5 nitrogen and oxygen atoms in total. The molecule has 0 spiro atoms. The Morgan fingerprint density at radius 3 is 2.48 bits per heavy atom. The van der Waals surface area contributed by atoms with Crippen LogP contribution >= 0.6 is 0 Å². The number of nitrogens with zero attached hydrogens (tertiary/aromatic N) is 3. The van der Waals surface area contributed by atoms with E-state index in [0.29, 0.717) is 22.9 Å². The largest absolute Gasteiger partial charge is 0.339 e. The number of rotatable bonds is 3. The van der Waals surface area contributed by atoms with E-state index in [4.69, 9.17) is 9.51 Å². The molecular formula is C22H23N3O2. The van der Waals surface area contributed by atoms with Gasteiger partial charge in [0.1, 0.15) is 5.69 Å². The molecule has 2 aromatic heterocycles. The number of aromatic nitrogens is 2. The van der Waals surface area contributed by atoms with Gasteiger partial charge in [0.25, 0.3) is 11.6 Å². The van der Waals surface area contributed by atoms with E-state index in [1.165, 1.54) is 12.8 Å². The maximum absolute atomic E-state index is 13.5. The molecule has 1 aliphatic heterocycles. The second kappa shape index (κ2) is 6.80. The highest BCUT2D eigenvalue weighted by Crippen LogP contribution is 2.41. The van der Waals surface area contributed by atoms with Crippen molar-refractivity contribution < 1.29 is 9.32 Å². The summed E-state index contributed by atoms with van der Waals surface area (Å²) in [5.41, 5.74) is 3.80. The smallest absolute Gasteiger partial charge is 0.259 e. The summed E-state index contributed by atoms with van der Waals surface area (Å²) in [5, 5.41) is 5.03. The van der Waals surface area contributed by atoms with Crippen LogP contribution in [0.4, 0.5) is 0 Å². The molecule has 1 saturated carbocycles. The summed E-state index contributed by atoms with van der Waals surface area (Å²) in [6.45, 7) is 1.65. The van der Waals surface area contributed by atoms with Crippen LogP contribution in [0.2, 0.25) is 0 Å². The summed E-state index contributed by atoms with van der Waals surface area (Å²) in [6, 6.07) is 11.9. The first-order valence-electron chi connectivity index (χ1n) is 9.96. The van der Waals surface area contributed by atoms with Gasteiger partial charge in [-0.3, -0.25) is 4.79 Å². The van der Waals surface area contributed by atoms with Crippen LogP contribution in [0.1, 0.15) is 60.5 Å². The van der Waals surface area contributed by atoms with E-state index < -0.39 is 0 Å². The molecule has 5 heteroatoms. The van der Waals surface area contributed by atoms with Gasteiger partial charge in [0.15, 0.2) is 0 Å². The van der Waals surface area contributed by atoms with Gasteiger partial charge in [-0.25, -0.2) is 4.98 Å². The minimum atomic E-state index is 0.0894.